The Labute approximate surface area is 113 Å². The summed E-state index contributed by atoms with van der Waals surface area (Å²) in [5.41, 5.74) is 2.65. The van der Waals surface area contributed by atoms with Crippen molar-refractivity contribution in [1.82, 2.24) is 0 Å². The van der Waals surface area contributed by atoms with Crippen LogP contribution < -0.4 is 5.82 Å². The SMILES string of the molecule is CCCCCc1ccc(CCc2coc(=O)o2)cc1. The van der Waals surface area contributed by atoms with Crippen molar-refractivity contribution in [3.05, 3.63) is 58.0 Å². The Morgan fingerprint density at radius 3 is 2.21 bits per heavy atom. The molecule has 3 nitrogen and oxygen atoms in total. The van der Waals surface area contributed by atoms with Gasteiger partial charge in [0.25, 0.3) is 0 Å². The van der Waals surface area contributed by atoms with Gasteiger partial charge in [-0.15, -0.1) is 0 Å². The number of hydrogen-bond donors (Lipinski definition) is 0. The molecule has 0 aliphatic carbocycles. The molecule has 2 rings (SSSR count). The number of benzene rings is 1. The van der Waals surface area contributed by atoms with E-state index in [1.54, 1.807) is 0 Å². The molecule has 3 heteroatoms. The lowest BCUT2D eigenvalue weighted by Crippen LogP contribution is -1.92. The minimum Gasteiger partial charge on any atom is -0.399 e. The van der Waals surface area contributed by atoms with E-state index in [2.05, 4.69) is 35.6 Å². The van der Waals surface area contributed by atoms with Gasteiger partial charge in [0, 0.05) is 6.42 Å². The molecule has 0 fully saturated rings. The number of hydrogen-bond acceptors (Lipinski definition) is 3. The van der Waals surface area contributed by atoms with Crippen molar-refractivity contribution >= 4 is 0 Å². The molecule has 2 aromatic rings. The molecule has 1 heterocycles. The van der Waals surface area contributed by atoms with Crippen LogP contribution in [0.15, 0.2) is 44.2 Å². The van der Waals surface area contributed by atoms with Crippen LogP contribution in [-0.2, 0) is 19.3 Å². The molecule has 102 valence electrons. The van der Waals surface area contributed by atoms with E-state index < -0.39 is 5.82 Å². The first-order chi connectivity index (χ1) is 9.28. The van der Waals surface area contributed by atoms with Crippen LogP contribution in [0.25, 0.3) is 0 Å². The van der Waals surface area contributed by atoms with Gasteiger partial charge in [-0.2, -0.15) is 0 Å². The summed E-state index contributed by atoms with van der Waals surface area (Å²) in [4.78, 5) is 10.7. The second-order valence-corrected chi connectivity index (χ2v) is 4.83. The van der Waals surface area contributed by atoms with E-state index in [4.69, 9.17) is 4.42 Å². The molecule has 1 aromatic heterocycles. The summed E-state index contributed by atoms with van der Waals surface area (Å²) in [6.07, 6.45) is 7.91. The molecular formula is C16H20O3. The summed E-state index contributed by atoms with van der Waals surface area (Å²) in [5.74, 6) is -0.0155. The van der Waals surface area contributed by atoms with Crippen molar-refractivity contribution < 1.29 is 8.83 Å². The van der Waals surface area contributed by atoms with Crippen LogP contribution in [0.5, 0.6) is 0 Å². The Morgan fingerprint density at radius 2 is 1.63 bits per heavy atom. The van der Waals surface area contributed by atoms with E-state index in [1.807, 2.05) is 0 Å². The molecule has 0 saturated carbocycles. The second kappa shape index (κ2) is 6.98. The highest BCUT2D eigenvalue weighted by Crippen LogP contribution is 2.11. The summed E-state index contributed by atoms with van der Waals surface area (Å²) in [6, 6.07) is 8.69. The minimum absolute atomic E-state index is 0.608. The lowest BCUT2D eigenvalue weighted by Gasteiger charge is -2.03. The first-order valence-corrected chi connectivity index (χ1v) is 6.93. The van der Waals surface area contributed by atoms with Crippen molar-refractivity contribution in [1.29, 1.82) is 0 Å². The van der Waals surface area contributed by atoms with Gasteiger partial charge in [0.1, 0.15) is 12.0 Å². The minimum atomic E-state index is -0.624. The molecule has 0 aliphatic rings. The Kier molecular flexibility index (Phi) is 5.01. The fraction of sp³-hybridized carbons (Fsp3) is 0.438. The van der Waals surface area contributed by atoms with Crippen molar-refractivity contribution in [2.24, 2.45) is 0 Å². The molecule has 0 amide bonds. The smallest absolute Gasteiger partial charge is 0.399 e. The van der Waals surface area contributed by atoms with Crippen LogP contribution >= 0.6 is 0 Å². The summed E-state index contributed by atoms with van der Waals surface area (Å²) < 4.78 is 9.48. The van der Waals surface area contributed by atoms with Crippen LogP contribution in [0.1, 0.15) is 43.1 Å². The highest BCUT2D eigenvalue weighted by molar-refractivity contribution is 5.23. The summed E-state index contributed by atoms with van der Waals surface area (Å²) >= 11 is 0. The first-order valence-electron chi connectivity index (χ1n) is 6.93. The van der Waals surface area contributed by atoms with Crippen molar-refractivity contribution in [3.63, 3.8) is 0 Å². The van der Waals surface area contributed by atoms with Crippen LogP contribution in [-0.4, -0.2) is 0 Å². The van der Waals surface area contributed by atoms with E-state index in [-0.39, 0.29) is 0 Å². The Hall–Kier alpha value is -1.77. The van der Waals surface area contributed by atoms with Crippen molar-refractivity contribution in [2.45, 2.75) is 45.4 Å². The van der Waals surface area contributed by atoms with Gasteiger partial charge in [0.15, 0.2) is 0 Å². The van der Waals surface area contributed by atoms with E-state index in [0.29, 0.717) is 12.2 Å². The first kappa shape index (κ1) is 13.7. The Bertz CT molecular complexity index is 534. The predicted octanol–water partition coefficient (Wildman–Crippen LogP) is 3.75. The second-order valence-electron chi connectivity index (χ2n) is 4.83. The molecule has 19 heavy (non-hydrogen) atoms. The zero-order valence-electron chi connectivity index (χ0n) is 11.4. The average molecular weight is 260 g/mol. The van der Waals surface area contributed by atoms with Gasteiger partial charge in [-0.25, -0.2) is 4.79 Å². The number of unbranched alkanes of at least 4 members (excludes halogenated alkanes) is 2. The normalized spacial score (nSPS) is 10.8. The van der Waals surface area contributed by atoms with Crippen molar-refractivity contribution in [3.8, 4) is 0 Å². The third-order valence-electron chi connectivity index (χ3n) is 3.25. The zero-order valence-corrected chi connectivity index (χ0v) is 11.4. The fourth-order valence-corrected chi connectivity index (χ4v) is 2.10. The maximum absolute atomic E-state index is 10.7. The van der Waals surface area contributed by atoms with E-state index in [9.17, 15) is 4.79 Å². The van der Waals surface area contributed by atoms with Gasteiger partial charge in [0.2, 0.25) is 0 Å². The number of aryl methyl sites for hydroxylation is 3. The monoisotopic (exact) mass is 260 g/mol. The van der Waals surface area contributed by atoms with Crippen LogP contribution in [0, 0.1) is 0 Å². The lowest BCUT2D eigenvalue weighted by molar-refractivity contribution is 0.373. The van der Waals surface area contributed by atoms with Gasteiger partial charge in [-0.05, 0) is 30.4 Å². The van der Waals surface area contributed by atoms with E-state index in [1.165, 1.54) is 36.7 Å². The van der Waals surface area contributed by atoms with Gasteiger partial charge >= 0.3 is 5.82 Å². The predicted molar refractivity (Wildman–Crippen MR) is 74.3 cm³/mol. The quantitative estimate of drug-likeness (QED) is 0.712. The Morgan fingerprint density at radius 1 is 0.947 bits per heavy atom. The van der Waals surface area contributed by atoms with Gasteiger partial charge < -0.3 is 8.83 Å². The maximum atomic E-state index is 10.7. The van der Waals surface area contributed by atoms with Gasteiger partial charge in [-0.3, -0.25) is 0 Å². The topological polar surface area (TPSA) is 43.4 Å². The van der Waals surface area contributed by atoms with Crippen molar-refractivity contribution in [2.75, 3.05) is 0 Å². The Balaban J connectivity index is 1.83. The average Bonchev–Trinajstić information content (AvgIpc) is 2.84. The van der Waals surface area contributed by atoms with Crippen LogP contribution in [0.2, 0.25) is 0 Å². The molecule has 0 saturated heterocycles. The standard InChI is InChI=1S/C16H20O3/c1-2-3-4-5-13-6-8-14(9-7-13)10-11-15-12-18-16(17)19-15/h6-9,12H,2-5,10-11H2,1H3. The summed E-state index contributed by atoms with van der Waals surface area (Å²) in [5, 5.41) is 0. The highest BCUT2D eigenvalue weighted by Gasteiger charge is 2.02. The molecular weight excluding hydrogens is 240 g/mol. The molecule has 0 radical (unpaired) electrons. The summed E-state index contributed by atoms with van der Waals surface area (Å²) in [6.45, 7) is 2.22. The lowest BCUT2D eigenvalue weighted by atomic mass is 10.0. The van der Waals surface area contributed by atoms with Gasteiger partial charge in [0.05, 0.1) is 0 Å². The summed E-state index contributed by atoms with van der Waals surface area (Å²) in [7, 11) is 0. The number of rotatable bonds is 7. The molecule has 0 atom stereocenters. The third-order valence-corrected chi connectivity index (χ3v) is 3.25. The largest absolute Gasteiger partial charge is 0.518 e. The molecule has 0 unspecified atom stereocenters. The maximum Gasteiger partial charge on any atom is 0.518 e. The molecule has 1 aromatic carbocycles. The molecule has 0 aliphatic heterocycles. The van der Waals surface area contributed by atoms with E-state index in [0.717, 1.165) is 12.8 Å². The molecule has 0 N–H and O–H groups in total. The zero-order chi connectivity index (χ0) is 13.5. The van der Waals surface area contributed by atoms with Gasteiger partial charge in [-0.1, -0.05) is 44.0 Å². The van der Waals surface area contributed by atoms with E-state index >= 15 is 0 Å². The molecule has 0 spiro atoms. The van der Waals surface area contributed by atoms with Crippen LogP contribution in [0.4, 0.5) is 0 Å². The van der Waals surface area contributed by atoms with Crippen LogP contribution in [0.3, 0.4) is 0 Å². The molecule has 0 bridgehead atoms. The highest BCUT2D eigenvalue weighted by atomic mass is 16.6. The third kappa shape index (κ3) is 4.43. The fourth-order valence-electron chi connectivity index (χ4n) is 2.10.